The van der Waals surface area contributed by atoms with Crippen LogP contribution in [0, 0.1) is 0 Å². The van der Waals surface area contributed by atoms with Gasteiger partial charge in [0.25, 0.3) is 5.91 Å². The lowest BCUT2D eigenvalue weighted by atomic mass is 10.1. The highest BCUT2D eigenvalue weighted by Gasteiger charge is 2.11. The van der Waals surface area contributed by atoms with Gasteiger partial charge in [0.2, 0.25) is 0 Å². The van der Waals surface area contributed by atoms with Crippen molar-refractivity contribution in [2.75, 3.05) is 34.0 Å². The van der Waals surface area contributed by atoms with Crippen molar-refractivity contribution in [3.8, 4) is 11.5 Å². The van der Waals surface area contributed by atoms with E-state index in [0.29, 0.717) is 36.8 Å². The molecule has 2 aromatic carbocycles. The molecule has 0 saturated heterocycles. The summed E-state index contributed by atoms with van der Waals surface area (Å²) in [6.45, 7) is 1.76. The van der Waals surface area contributed by atoms with Crippen LogP contribution in [0.2, 0.25) is 0 Å². The van der Waals surface area contributed by atoms with Crippen LogP contribution in [0.4, 0.5) is 0 Å². The maximum atomic E-state index is 12.4. The molecule has 0 aliphatic carbocycles. The molecule has 0 saturated carbocycles. The zero-order valence-corrected chi connectivity index (χ0v) is 15.5. The third-order valence-electron chi connectivity index (χ3n) is 3.95. The molecule has 26 heavy (non-hydrogen) atoms. The molecule has 5 nitrogen and oxygen atoms in total. The van der Waals surface area contributed by atoms with E-state index in [1.807, 2.05) is 18.2 Å². The number of ether oxygens (including phenoxy) is 3. The van der Waals surface area contributed by atoms with E-state index < -0.39 is 0 Å². The van der Waals surface area contributed by atoms with E-state index in [4.69, 9.17) is 14.2 Å². The van der Waals surface area contributed by atoms with Crippen molar-refractivity contribution >= 4 is 5.91 Å². The Labute approximate surface area is 155 Å². The normalized spacial score (nSPS) is 10.4. The molecule has 0 aliphatic heterocycles. The Morgan fingerprint density at radius 1 is 0.962 bits per heavy atom. The third kappa shape index (κ3) is 6.41. The number of benzene rings is 2. The number of carbonyl (C=O) groups is 1. The lowest BCUT2D eigenvalue weighted by Crippen LogP contribution is -2.24. The fourth-order valence-corrected chi connectivity index (χ4v) is 2.56. The molecular formula is C21H27NO4. The molecule has 2 aromatic rings. The molecule has 1 N–H and O–H groups in total. The Morgan fingerprint density at radius 3 is 2.50 bits per heavy atom. The largest absolute Gasteiger partial charge is 0.493 e. The monoisotopic (exact) mass is 357 g/mol. The van der Waals surface area contributed by atoms with Gasteiger partial charge in [0.1, 0.15) is 0 Å². The van der Waals surface area contributed by atoms with E-state index in [-0.39, 0.29) is 5.91 Å². The average molecular weight is 357 g/mol. The molecule has 1 amide bonds. The van der Waals surface area contributed by atoms with Gasteiger partial charge in [0.15, 0.2) is 11.5 Å². The SMILES string of the molecule is COCCCOc1cc(C(=O)NCCCc2ccccc2)ccc1OC. The summed E-state index contributed by atoms with van der Waals surface area (Å²) in [6.07, 6.45) is 2.61. The Kier molecular flexibility index (Phi) is 8.49. The maximum absolute atomic E-state index is 12.4. The summed E-state index contributed by atoms with van der Waals surface area (Å²) < 4.78 is 16.0. The molecule has 2 rings (SSSR count). The van der Waals surface area contributed by atoms with Gasteiger partial charge in [-0.05, 0) is 36.6 Å². The molecule has 0 aromatic heterocycles. The predicted octanol–water partition coefficient (Wildman–Crippen LogP) is 3.47. The van der Waals surface area contributed by atoms with E-state index in [2.05, 4.69) is 17.4 Å². The van der Waals surface area contributed by atoms with Crippen LogP contribution in [0.1, 0.15) is 28.8 Å². The van der Waals surface area contributed by atoms with Gasteiger partial charge in [0.05, 0.1) is 13.7 Å². The van der Waals surface area contributed by atoms with Crippen LogP contribution in [0.15, 0.2) is 48.5 Å². The van der Waals surface area contributed by atoms with Crippen molar-refractivity contribution in [3.63, 3.8) is 0 Å². The molecule has 0 heterocycles. The molecule has 0 radical (unpaired) electrons. The number of hydrogen-bond donors (Lipinski definition) is 1. The summed E-state index contributed by atoms with van der Waals surface area (Å²) in [6, 6.07) is 15.5. The van der Waals surface area contributed by atoms with Gasteiger partial charge in [0, 0.05) is 32.2 Å². The van der Waals surface area contributed by atoms with E-state index in [0.717, 1.165) is 19.3 Å². The second-order valence-electron chi connectivity index (χ2n) is 5.91. The molecule has 0 spiro atoms. The summed E-state index contributed by atoms with van der Waals surface area (Å²) in [5, 5.41) is 2.95. The van der Waals surface area contributed by atoms with Crippen molar-refractivity contribution in [1.29, 1.82) is 0 Å². The van der Waals surface area contributed by atoms with Crippen molar-refractivity contribution in [3.05, 3.63) is 59.7 Å². The van der Waals surface area contributed by atoms with Crippen LogP contribution in [0.25, 0.3) is 0 Å². The lowest BCUT2D eigenvalue weighted by Gasteiger charge is -2.12. The van der Waals surface area contributed by atoms with Gasteiger partial charge in [-0.2, -0.15) is 0 Å². The maximum Gasteiger partial charge on any atom is 0.251 e. The third-order valence-corrected chi connectivity index (χ3v) is 3.95. The van der Waals surface area contributed by atoms with Crippen molar-refractivity contribution in [2.24, 2.45) is 0 Å². The van der Waals surface area contributed by atoms with Crippen LogP contribution in [0.5, 0.6) is 11.5 Å². The summed E-state index contributed by atoms with van der Waals surface area (Å²) in [4.78, 5) is 12.4. The van der Waals surface area contributed by atoms with Crippen LogP contribution >= 0.6 is 0 Å². The Hall–Kier alpha value is -2.53. The highest BCUT2D eigenvalue weighted by molar-refractivity contribution is 5.94. The Balaban J connectivity index is 1.85. The van der Waals surface area contributed by atoms with Gasteiger partial charge in [-0.1, -0.05) is 30.3 Å². The van der Waals surface area contributed by atoms with Crippen molar-refractivity contribution < 1.29 is 19.0 Å². The van der Waals surface area contributed by atoms with Gasteiger partial charge < -0.3 is 19.5 Å². The first kappa shape index (κ1) is 19.8. The molecule has 0 aliphatic rings. The fraction of sp³-hybridized carbons (Fsp3) is 0.381. The summed E-state index contributed by atoms with van der Waals surface area (Å²) >= 11 is 0. The van der Waals surface area contributed by atoms with E-state index in [1.165, 1.54) is 5.56 Å². The molecular weight excluding hydrogens is 330 g/mol. The smallest absolute Gasteiger partial charge is 0.251 e. The molecule has 0 bridgehead atoms. The van der Waals surface area contributed by atoms with Crippen LogP contribution in [-0.2, 0) is 11.2 Å². The summed E-state index contributed by atoms with van der Waals surface area (Å²) in [5.74, 6) is 1.08. The number of nitrogens with one attached hydrogen (secondary N) is 1. The molecule has 0 fully saturated rings. The zero-order valence-electron chi connectivity index (χ0n) is 15.5. The molecule has 5 heteroatoms. The zero-order chi connectivity index (χ0) is 18.6. The quantitative estimate of drug-likeness (QED) is 0.626. The minimum absolute atomic E-state index is 0.109. The van der Waals surface area contributed by atoms with E-state index in [9.17, 15) is 4.79 Å². The van der Waals surface area contributed by atoms with E-state index in [1.54, 1.807) is 32.4 Å². The highest BCUT2D eigenvalue weighted by Crippen LogP contribution is 2.28. The highest BCUT2D eigenvalue weighted by atomic mass is 16.5. The second kappa shape index (κ2) is 11.2. The van der Waals surface area contributed by atoms with Crippen molar-refractivity contribution in [1.82, 2.24) is 5.32 Å². The standard InChI is InChI=1S/C21H27NO4/c1-24-14-7-15-26-20-16-18(11-12-19(20)25-2)21(23)22-13-6-10-17-8-4-3-5-9-17/h3-5,8-9,11-12,16H,6-7,10,13-15H2,1-2H3,(H,22,23). The van der Waals surface area contributed by atoms with Crippen LogP contribution in [-0.4, -0.2) is 39.9 Å². The van der Waals surface area contributed by atoms with Gasteiger partial charge in [-0.25, -0.2) is 0 Å². The lowest BCUT2D eigenvalue weighted by molar-refractivity contribution is 0.0952. The number of methoxy groups -OCH3 is 2. The van der Waals surface area contributed by atoms with Crippen molar-refractivity contribution in [2.45, 2.75) is 19.3 Å². The predicted molar refractivity (Wildman–Crippen MR) is 102 cm³/mol. The number of rotatable bonds is 11. The Morgan fingerprint density at radius 2 is 1.77 bits per heavy atom. The fourth-order valence-electron chi connectivity index (χ4n) is 2.56. The molecule has 0 atom stereocenters. The summed E-state index contributed by atoms with van der Waals surface area (Å²) in [5.41, 5.74) is 1.84. The van der Waals surface area contributed by atoms with Gasteiger partial charge in [-0.3, -0.25) is 4.79 Å². The topological polar surface area (TPSA) is 56.8 Å². The van der Waals surface area contributed by atoms with Crippen LogP contribution < -0.4 is 14.8 Å². The number of hydrogen-bond acceptors (Lipinski definition) is 4. The minimum Gasteiger partial charge on any atom is -0.493 e. The first-order chi connectivity index (χ1) is 12.7. The first-order valence-corrected chi connectivity index (χ1v) is 8.86. The van der Waals surface area contributed by atoms with Gasteiger partial charge >= 0.3 is 0 Å². The van der Waals surface area contributed by atoms with E-state index >= 15 is 0 Å². The van der Waals surface area contributed by atoms with Crippen LogP contribution in [0.3, 0.4) is 0 Å². The first-order valence-electron chi connectivity index (χ1n) is 8.86. The average Bonchev–Trinajstić information content (AvgIpc) is 2.69. The second-order valence-corrected chi connectivity index (χ2v) is 5.91. The van der Waals surface area contributed by atoms with Gasteiger partial charge in [-0.15, -0.1) is 0 Å². The number of amides is 1. The molecule has 140 valence electrons. The summed E-state index contributed by atoms with van der Waals surface area (Å²) in [7, 11) is 3.24. The minimum atomic E-state index is -0.109. The number of carbonyl (C=O) groups excluding carboxylic acids is 1. The molecule has 0 unspecified atom stereocenters. The number of aryl methyl sites for hydroxylation is 1. The Bertz CT molecular complexity index is 673.